The molecule has 2 aromatic carbocycles. The van der Waals surface area contributed by atoms with E-state index in [0.717, 1.165) is 22.4 Å². The van der Waals surface area contributed by atoms with Crippen LogP contribution < -0.4 is 10.1 Å². The van der Waals surface area contributed by atoms with Gasteiger partial charge in [-0.15, -0.1) is 0 Å². The lowest BCUT2D eigenvalue weighted by Gasteiger charge is -2.17. The number of aryl methyl sites for hydroxylation is 2. The highest BCUT2D eigenvalue weighted by Crippen LogP contribution is 2.26. The van der Waals surface area contributed by atoms with Crippen LogP contribution in [0.4, 0.5) is 5.69 Å². The standard InChI is InChI=1S/C21H19N3O5/c1-13-4-2-3-5-16(13)21-23-19(29-24-21)11-28-20(26)12-27-15-7-8-17-14(10-15)6-9-18(25)22-17/h2-5,7-8,10H,6,9,11-12H2,1H3,(H,22,25). The summed E-state index contributed by atoms with van der Waals surface area (Å²) in [5.41, 5.74) is 3.64. The van der Waals surface area contributed by atoms with Gasteiger partial charge in [0.1, 0.15) is 5.75 Å². The van der Waals surface area contributed by atoms with Gasteiger partial charge in [-0.2, -0.15) is 4.98 Å². The summed E-state index contributed by atoms with van der Waals surface area (Å²) in [6.45, 7) is 1.58. The quantitative estimate of drug-likeness (QED) is 0.642. The van der Waals surface area contributed by atoms with Crippen LogP contribution in [-0.2, 0) is 27.4 Å². The zero-order chi connectivity index (χ0) is 20.2. The maximum Gasteiger partial charge on any atom is 0.344 e. The Morgan fingerprint density at radius 1 is 1.21 bits per heavy atom. The molecule has 0 radical (unpaired) electrons. The van der Waals surface area contributed by atoms with Crippen LogP contribution in [0.1, 0.15) is 23.4 Å². The summed E-state index contributed by atoms with van der Waals surface area (Å²) in [4.78, 5) is 27.6. The van der Waals surface area contributed by atoms with Crippen molar-refractivity contribution < 1.29 is 23.6 Å². The number of benzene rings is 2. The number of ether oxygens (including phenoxy) is 2. The van der Waals surface area contributed by atoms with Crippen molar-refractivity contribution in [3.8, 4) is 17.1 Å². The minimum atomic E-state index is -0.549. The van der Waals surface area contributed by atoms with Crippen LogP contribution in [0.3, 0.4) is 0 Å². The van der Waals surface area contributed by atoms with Crippen molar-refractivity contribution in [3.05, 3.63) is 59.5 Å². The maximum absolute atomic E-state index is 12.0. The van der Waals surface area contributed by atoms with Crippen molar-refractivity contribution in [2.24, 2.45) is 0 Å². The second-order valence-electron chi connectivity index (χ2n) is 6.64. The SMILES string of the molecule is Cc1ccccc1-c1noc(COC(=O)COc2ccc3c(c2)CCC(=O)N3)n1. The molecule has 0 atom stereocenters. The van der Waals surface area contributed by atoms with E-state index in [1.54, 1.807) is 12.1 Å². The third-order valence-electron chi connectivity index (χ3n) is 4.54. The number of nitrogens with zero attached hydrogens (tertiary/aromatic N) is 2. The Hall–Kier alpha value is -3.68. The lowest BCUT2D eigenvalue weighted by Crippen LogP contribution is -2.19. The molecular weight excluding hydrogens is 374 g/mol. The van der Waals surface area contributed by atoms with Crippen LogP contribution in [0.15, 0.2) is 47.0 Å². The first-order valence-electron chi connectivity index (χ1n) is 9.18. The van der Waals surface area contributed by atoms with E-state index in [-0.39, 0.29) is 25.0 Å². The summed E-state index contributed by atoms with van der Waals surface area (Å²) in [5.74, 6) is 0.650. The molecule has 1 amide bonds. The highest BCUT2D eigenvalue weighted by Gasteiger charge is 2.16. The van der Waals surface area contributed by atoms with Crippen molar-refractivity contribution in [1.82, 2.24) is 10.1 Å². The van der Waals surface area contributed by atoms with Gasteiger partial charge in [0.2, 0.25) is 11.7 Å². The minimum absolute atomic E-state index is 0.00125. The summed E-state index contributed by atoms with van der Waals surface area (Å²) < 4.78 is 15.8. The topological polar surface area (TPSA) is 104 Å². The van der Waals surface area contributed by atoms with Crippen LogP contribution in [0.25, 0.3) is 11.4 Å². The molecule has 0 spiro atoms. The zero-order valence-electron chi connectivity index (χ0n) is 15.8. The van der Waals surface area contributed by atoms with Crippen molar-refractivity contribution in [1.29, 1.82) is 0 Å². The number of rotatable bonds is 6. The predicted molar refractivity (Wildman–Crippen MR) is 103 cm³/mol. The Balaban J connectivity index is 1.29. The molecule has 148 valence electrons. The van der Waals surface area contributed by atoms with E-state index in [4.69, 9.17) is 14.0 Å². The number of fused-ring (bicyclic) bond motifs is 1. The number of hydrogen-bond acceptors (Lipinski definition) is 7. The van der Waals surface area contributed by atoms with Gasteiger partial charge in [-0.1, -0.05) is 29.4 Å². The molecule has 3 aromatic rings. The fourth-order valence-corrected chi connectivity index (χ4v) is 3.02. The van der Waals surface area contributed by atoms with E-state index in [0.29, 0.717) is 24.4 Å². The van der Waals surface area contributed by atoms with Gasteiger partial charge < -0.3 is 19.3 Å². The second kappa shape index (κ2) is 8.14. The van der Waals surface area contributed by atoms with E-state index in [1.165, 1.54) is 0 Å². The number of carbonyl (C=O) groups excluding carboxylic acids is 2. The summed E-state index contributed by atoms with van der Waals surface area (Å²) in [6, 6.07) is 13.0. The molecule has 1 N–H and O–H groups in total. The Morgan fingerprint density at radius 2 is 2.07 bits per heavy atom. The average Bonchev–Trinajstić information content (AvgIpc) is 3.20. The van der Waals surface area contributed by atoms with E-state index >= 15 is 0 Å². The molecule has 8 heteroatoms. The smallest absolute Gasteiger partial charge is 0.344 e. The van der Waals surface area contributed by atoms with E-state index in [9.17, 15) is 9.59 Å². The lowest BCUT2D eigenvalue weighted by atomic mass is 10.0. The first-order valence-corrected chi connectivity index (χ1v) is 9.18. The third kappa shape index (κ3) is 4.43. The van der Waals surface area contributed by atoms with Crippen molar-refractivity contribution >= 4 is 17.6 Å². The van der Waals surface area contributed by atoms with Gasteiger partial charge in [0.15, 0.2) is 13.2 Å². The molecular formula is C21H19N3O5. The summed E-state index contributed by atoms with van der Waals surface area (Å²) in [7, 11) is 0. The lowest BCUT2D eigenvalue weighted by molar-refractivity contribution is -0.148. The molecule has 1 aromatic heterocycles. The monoisotopic (exact) mass is 393 g/mol. The summed E-state index contributed by atoms with van der Waals surface area (Å²) in [6.07, 6.45) is 1.08. The highest BCUT2D eigenvalue weighted by molar-refractivity contribution is 5.94. The Kier molecular flexibility index (Phi) is 5.24. The van der Waals surface area contributed by atoms with Gasteiger partial charge in [0.25, 0.3) is 5.89 Å². The van der Waals surface area contributed by atoms with Gasteiger partial charge in [0, 0.05) is 17.7 Å². The van der Waals surface area contributed by atoms with Gasteiger partial charge in [-0.3, -0.25) is 4.79 Å². The Bertz CT molecular complexity index is 1060. The first kappa shape index (κ1) is 18.7. The molecule has 0 unspecified atom stereocenters. The Labute approximate surface area is 166 Å². The molecule has 2 heterocycles. The molecule has 0 saturated heterocycles. The van der Waals surface area contributed by atoms with E-state index in [2.05, 4.69) is 15.5 Å². The molecule has 8 nitrogen and oxygen atoms in total. The van der Waals surface area contributed by atoms with Crippen LogP contribution in [0.2, 0.25) is 0 Å². The minimum Gasteiger partial charge on any atom is -0.482 e. The largest absolute Gasteiger partial charge is 0.482 e. The Morgan fingerprint density at radius 3 is 2.93 bits per heavy atom. The average molecular weight is 393 g/mol. The zero-order valence-corrected chi connectivity index (χ0v) is 15.8. The van der Waals surface area contributed by atoms with Gasteiger partial charge in [-0.05, 0) is 42.7 Å². The second-order valence-corrected chi connectivity index (χ2v) is 6.64. The maximum atomic E-state index is 12.0. The number of carbonyl (C=O) groups is 2. The molecule has 4 rings (SSSR count). The number of nitrogens with one attached hydrogen (secondary N) is 1. The summed E-state index contributed by atoms with van der Waals surface area (Å²) in [5, 5.41) is 6.72. The predicted octanol–water partition coefficient (Wildman–Crippen LogP) is 3.05. The van der Waals surface area contributed by atoms with Crippen molar-refractivity contribution in [3.63, 3.8) is 0 Å². The number of anilines is 1. The third-order valence-corrected chi connectivity index (χ3v) is 4.54. The van der Waals surface area contributed by atoms with Crippen LogP contribution in [-0.4, -0.2) is 28.6 Å². The number of esters is 1. The number of amides is 1. The number of aromatic nitrogens is 2. The van der Waals surface area contributed by atoms with Gasteiger partial charge >= 0.3 is 5.97 Å². The van der Waals surface area contributed by atoms with E-state index in [1.807, 2.05) is 37.3 Å². The van der Waals surface area contributed by atoms with Crippen molar-refractivity contribution in [2.45, 2.75) is 26.4 Å². The fourth-order valence-electron chi connectivity index (χ4n) is 3.02. The van der Waals surface area contributed by atoms with Crippen LogP contribution >= 0.6 is 0 Å². The molecule has 1 aliphatic rings. The molecule has 0 aliphatic carbocycles. The molecule has 0 bridgehead atoms. The van der Waals surface area contributed by atoms with Crippen LogP contribution in [0, 0.1) is 6.92 Å². The van der Waals surface area contributed by atoms with Gasteiger partial charge in [0.05, 0.1) is 0 Å². The van der Waals surface area contributed by atoms with Gasteiger partial charge in [-0.25, -0.2) is 4.79 Å². The summed E-state index contributed by atoms with van der Waals surface area (Å²) >= 11 is 0. The van der Waals surface area contributed by atoms with Crippen LogP contribution in [0.5, 0.6) is 5.75 Å². The number of hydrogen-bond donors (Lipinski definition) is 1. The van der Waals surface area contributed by atoms with Crippen molar-refractivity contribution in [2.75, 3.05) is 11.9 Å². The highest BCUT2D eigenvalue weighted by atomic mass is 16.6. The fraction of sp³-hybridized carbons (Fsp3) is 0.238. The van der Waals surface area contributed by atoms with E-state index < -0.39 is 5.97 Å². The first-order chi connectivity index (χ1) is 14.1. The molecule has 1 aliphatic heterocycles. The molecule has 29 heavy (non-hydrogen) atoms. The molecule has 0 fully saturated rings. The normalized spacial score (nSPS) is 12.8. The molecule has 0 saturated carbocycles.